The van der Waals surface area contributed by atoms with Crippen LogP contribution in [0.15, 0.2) is 0 Å². The zero-order valence-corrected chi connectivity index (χ0v) is 8.08. The van der Waals surface area contributed by atoms with Gasteiger partial charge >= 0.3 is 0 Å². The van der Waals surface area contributed by atoms with Gasteiger partial charge in [0.1, 0.15) is 19.4 Å². The molecule has 0 saturated heterocycles. The van der Waals surface area contributed by atoms with Crippen molar-refractivity contribution < 1.29 is 13.6 Å². The van der Waals surface area contributed by atoms with E-state index < -0.39 is 13.6 Å². The summed E-state index contributed by atoms with van der Waals surface area (Å²) in [6.45, 7) is 5.78. The lowest BCUT2D eigenvalue weighted by molar-refractivity contribution is -0.124. The van der Waals surface area contributed by atoms with Crippen molar-refractivity contribution in [3.8, 4) is 0 Å². The Morgan fingerprint density at radius 1 is 1.25 bits per heavy atom. The Hall–Kier alpha value is -0.510. The Morgan fingerprint density at radius 2 is 1.50 bits per heavy atom. The highest BCUT2D eigenvalue weighted by Crippen LogP contribution is 2.12. The van der Waals surface area contributed by atoms with E-state index in [-0.39, 0.29) is 11.2 Å². The van der Waals surface area contributed by atoms with Crippen LogP contribution >= 0.6 is 0 Å². The molecule has 0 fully saturated rings. The molecule has 0 amide bonds. The molecule has 0 bridgehead atoms. The molecular formula is C8H17F2NO. The van der Waals surface area contributed by atoms with Crippen LogP contribution < -0.4 is 5.32 Å². The van der Waals surface area contributed by atoms with Gasteiger partial charge in [-0.3, -0.25) is 10.1 Å². The minimum absolute atomic E-state index is 0.139. The van der Waals surface area contributed by atoms with Gasteiger partial charge in [-0.05, 0) is 6.92 Å². The lowest BCUT2D eigenvalue weighted by Crippen LogP contribution is -2.15. The molecule has 1 N–H and O–H groups in total. The van der Waals surface area contributed by atoms with Crippen molar-refractivity contribution in [2.45, 2.75) is 27.7 Å². The molecule has 74 valence electrons. The van der Waals surface area contributed by atoms with E-state index in [4.69, 9.17) is 0 Å². The fourth-order valence-electron chi connectivity index (χ4n) is 0.0357. The lowest BCUT2D eigenvalue weighted by Gasteiger charge is -2.11. The summed E-state index contributed by atoms with van der Waals surface area (Å²) in [5.41, 5.74) is -0.139. The fraction of sp³-hybridized carbons (Fsp3) is 0.875. The summed E-state index contributed by atoms with van der Waals surface area (Å²) in [5.74, 6) is 0.243. The summed E-state index contributed by atoms with van der Waals surface area (Å²) in [6, 6.07) is 0. The van der Waals surface area contributed by atoms with Crippen molar-refractivity contribution in [1.29, 1.82) is 0 Å². The molecule has 0 rings (SSSR count). The lowest BCUT2D eigenvalue weighted by atomic mass is 9.92. The van der Waals surface area contributed by atoms with E-state index in [1.807, 2.05) is 20.8 Å². The van der Waals surface area contributed by atoms with Crippen LogP contribution in [0.25, 0.3) is 0 Å². The van der Waals surface area contributed by atoms with Crippen LogP contribution in [0.3, 0.4) is 0 Å². The van der Waals surface area contributed by atoms with Crippen LogP contribution in [0.4, 0.5) is 8.78 Å². The molecule has 0 aliphatic rings. The number of rotatable bonds is 2. The number of hydrogen-bond acceptors (Lipinski definition) is 2. The molecule has 0 atom stereocenters. The van der Waals surface area contributed by atoms with Gasteiger partial charge in [-0.1, -0.05) is 20.8 Å². The Bertz CT molecular complexity index is 119. The van der Waals surface area contributed by atoms with Crippen molar-refractivity contribution in [2.24, 2.45) is 5.41 Å². The zero-order chi connectivity index (χ0) is 10.2. The quantitative estimate of drug-likeness (QED) is 0.660. The van der Waals surface area contributed by atoms with E-state index >= 15 is 0 Å². The Morgan fingerprint density at radius 3 is 1.50 bits per heavy atom. The maximum absolute atomic E-state index is 10.6. The standard InChI is InChI=1S/C6H12O.C2H5F2N/c1-5(7)6(2,3)4;3-1-5-2-4/h1-4H3;5H,1-2H2. The van der Waals surface area contributed by atoms with E-state index in [2.05, 4.69) is 0 Å². The number of nitrogens with one attached hydrogen (secondary N) is 1. The zero-order valence-electron chi connectivity index (χ0n) is 8.08. The fourth-order valence-corrected chi connectivity index (χ4v) is 0.0357. The van der Waals surface area contributed by atoms with E-state index in [0.29, 0.717) is 0 Å². The van der Waals surface area contributed by atoms with Crippen LogP contribution in [-0.4, -0.2) is 19.4 Å². The number of halogens is 2. The molecule has 0 radical (unpaired) electrons. The number of alkyl halides is 2. The first kappa shape index (κ1) is 14.0. The first-order valence-corrected chi connectivity index (χ1v) is 3.70. The smallest absolute Gasteiger partial charge is 0.142 e. The van der Waals surface area contributed by atoms with Crippen molar-refractivity contribution in [2.75, 3.05) is 13.6 Å². The molecule has 0 aliphatic carbocycles. The molecule has 2 nitrogen and oxygen atoms in total. The van der Waals surface area contributed by atoms with E-state index in [0.717, 1.165) is 0 Å². The van der Waals surface area contributed by atoms with Gasteiger partial charge in [0.2, 0.25) is 0 Å². The molecule has 4 heteroatoms. The summed E-state index contributed by atoms with van der Waals surface area (Å²) in [4.78, 5) is 10.5. The number of carbonyl (C=O) groups is 1. The first-order chi connectivity index (χ1) is 5.36. The molecule has 0 aliphatic heterocycles. The molecule has 0 saturated carbocycles. The predicted octanol–water partition coefficient (Wildman–Crippen LogP) is 2.05. The topological polar surface area (TPSA) is 29.1 Å². The van der Waals surface area contributed by atoms with Gasteiger partial charge in [0.05, 0.1) is 0 Å². The average Bonchev–Trinajstić information content (AvgIpc) is 1.88. The maximum atomic E-state index is 10.6. The molecule has 0 aromatic heterocycles. The largest absolute Gasteiger partial charge is 0.299 e. The van der Waals surface area contributed by atoms with Crippen molar-refractivity contribution in [3.63, 3.8) is 0 Å². The Balaban J connectivity index is 0. The second kappa shape index (κ2) is 7.16. The molecule has 0 aromatic carbocycles. The third-order valence-electron chi connectivity index (χ3n) is 1.25. The Labute approximate surface area is 72.3 Å². The van der Waals surface area contributed by atoms with Gasteiger partial charge in [-0.2, -0.15) is 0 Å². The molecule has 0 unspecified atom stereocenters. The molecule has 0 aromatic rings. The molecular weight excluding hydrogens is 164 g/mol. The Kier molecular flexibility index (Phi) is 8.37. The van der Waals surface area contributed by atoms with Crippen LogP contribution in [0, 0.1) is 5.41 Å². The summed E-state index contributed by atoms with van der Waals surface area (Å²) in [5, 5.41) is 1.78. The van der Waals surface area contributed by atoms with Gasteiger partial charge in [-0.15, -0.1) is 0 Å². The summed E-state index contributed by atoms with van der Waals surface area (Å²) in [6.07, 6.45) is 0. The van der Waals surface area contributed by atoms with Crippen molar-refractivity contribution >= 4 is 5.78 Å². The van der Waals surface area contributed by atoms with Gasteiger partial charge in [-0.25, -0.2) is 8.78 Å². The summed E-state index contributed by atoms with van der Waals surface area (Å²) < 4.78 is 21.3. The predicted molar refractivity (Wildman–Crippen MR) is 45.2 cm³/mol. The SMILES string of the molecule is CC(=O)C(C)(C)C.FCNCF. The van der Waals surface area contributed by atoms with Crippen LogP contribution in [0.2, 0.25) is 0 Å². The van der Waals surface area contributed by atoms with Gasteiger partial charge < -0.3 is 0 Å². The minimum atomic E-state index is -0.781. The summed E-state index contributed by atoms with van der Waals surface area (Å²) in [7, 11) is 0. The average molecular weight is 181 g/mol. The van der Waals surface area contributed by atoms with Crippen LogP contribution in [0.1, 0.15) is 27.7 Å². The second-order valence-corrected chi connectivity index (χ2v) is 3.32. The number of hydrogen-bond donors (Lipinski definition) is 1. The number of carbonyl (C=O) groups excluding carboxylic acids is 1. The third-order valence-corrected chi connectivity index (χ3v) is 1.25. The molecule has 12 heavy (non-hydrogen) atoms. The van der Waals surface area contributed by atoms with Crippen molar-refractivity contribution in [1.82, 2.24) is 5.32 Å². The molecule has 0 heterocycles. The van der Waals surface area contributed by atoms with Crippen LogP contribution in [-0.2, 0) is 4.79 Å². The normalized spacial score (nSPS) is 10.2. The third kappa shape index (κ3) is 12.2. The second-order valence-electron chi connectivity index (χ2n) is 3.32. The monoisotopic (exact) mass is 181 g/mol. The first-order valence-electron chi connectivity index (χ1n) is 3.70. The van der Waals surface area contributed by atoms with Gasteiger partial charge in [0.25, 0.3) is 0 Å². The van der Waals surface area contributed by atoms with Gasteiger partial charge in [0, 0.05) is 5.41 Å². The minimum Gasteiger partial charge on any atom is -0.299 e. The van der Waals surface area contributed by atoms with Crippen molar-refractivity contribution in [3.05, 3.63) is 0 Å². The summed E-state index contributed by atoms with van der Waals surface area (Å²) >= 11 is 0. The van der Waals surface area contributed by atoms with E-state index in [1.54, 1.807) is 12.2 Å². The van der Waals surface area contributed by atoms with E-state index in [9.17, 15) is 13.6 Å². The number of Topliss-reactive ketones (excluding diaryl/α,β-unsaturated/α-hetero) is 1. The van der Waals surface area contributed by atoms with Crippen LogP contribution in [0.5, 0.6) is 0 Å². The highest BCUT2D eigenvalue weighted by molar-refractivity contribution is 5.80. The molecule has 0 spiro atoms. The van der Waals surface area contributed by atoms with E-state index in [1.165, 1.54) is 0 Å². The highest BCUT2D eigenvalue weighted by atomic mass is 19.1. The maximum Gasteiger partial charge on any atom is 0.142 e. The van der Waals surface area contributed by atoms with Gasteiger partial charge in [0.15, 0.2) is 0 Å². The highest BCUT2D eigenvalue weighted by Gasteiger charge is 2.14. The number of ketones is 1.